The number of H-pyrrole nitrogens is 1. The van der Waals surface area contributed by atoms with Crippen LogP contribution in [0.4, 0.5) is 5.82 Å². The van der Waals surface area contributed by atoms with E-state index in [1.807, 2.05) is 6.92 Å². The Morgan fingerprint density at radius 1 is 1.67 bits per heavy atom. The number of aryl methyl sites for hydroxylation is 1. The molecule has 0 bridgehead atoms. The van der Waals surface area contributed by atoms with Crippen molar-refractivity contribution in [1.29, 1.82) is 0 Å². The van der Waals surface area contributed by atoms with E-state index in [-0.39, 0.29) is 5.12 Å². The molecule has 0 saturated carbocycles. The third-order valence-electron chi connectivity index (χ3n) is 1.72. The summed E-state index contributed by atoms with van der Waals surface area (Å²) in [6.45, 7) is 3.42. The maximum Gasteiger partial charge on any atom is 0.185 e. The fraction of sp³-hybridized carbons (Fsp3) is 0.400. The molecule has 3 N–H and O–H groups in total. The molecule has 4 nitrogen and oxygen atoms in total. The van der Waals surface area contributed by atoms with Crippen LogP contribution in [0.2, 0.25) is 0 Å². The fourth-order valence-electron chi connectivity index (χ4n) is 1.00. The van der Waals surface area contributed by atoms with Gasteiger partial charge in [-0.25, -0.2) is 0 Å². The molecule has 0 amide bonds. The molecule has 1 heterocycles. The summed E-state index contributed by atoms with van der Waals surface area (Å²) in [5.41, 5.74) is 7.23. The zero-order valence-corrected chi connectivity index (χ0v) is 9.57. The van der Waals surface area contributed by atoms with E-state index < -0.39 is 0 Å². The minimum Gasteiger partial charge on any atom is -0.381 e. The van der Waals surface area contributed by atoms with E-state index in [4.69, 9.17) is 5.73 Å². The Kier molecular flexibility index (Phi) is 4.25. The zero-order chi connectivity index (χ0) is 11.3. The molecule has 1 aromatic heterocycles. The number of hydrogen-bond donors (Lipinski definition) is 2. The number of thioether (sulfide) groups is 1. The SMILES string of the molecule is CC(=O)SCCC#Cc1c(N)n[nH]c1C. The molecular weight excluding hydrogens is 210 g/mol. The maximum absolute atomic E-state index is 10.6. The largest absolute Gasteiger partial charge is 0.381 e. The van der Waals surface area contributed by atoms with E-state index in [0.29, 0.717) is 12.2 Å². The van der Waals surface area contributed by atoms with E-state index >= 15 is 0 Å². The van der Waals surface area contributed by atoms with Crippen molar-refractivity contribution in [3.8, 4) is 11.8 Å². The van der Waals surface area contributed by atoms with Gasteiger partial charge in [0.25, 0.3) is 0 Å². The summed E-state index contributed by atoms with van der Waals surface area (Å²) in [6.07, 6.45) is 0.675. The average Bonchev–Trinajstić information content (AvgIpc) is 2.47. The molecule has 0 radical (unpaired) electrons. The van der Waals surface area contributed by atoms with Crippen molar-refractivity contribution in [1.82, 2.24) is 10.2 Å². The van der Waals surface area contributed by atoms with E-state index in [1.165, 1.54) is 11.8 Å². The molecular formula is C10H13N3OS. The van der Waals surface area contributed by atoms with Crippen molar-refractivity contribution < 1.29 is 4.79 Å². The third kappa shape index (κ3) is 3.68. The summed E-state index contributed by atoms with van der Waals surface area (Å²) >= 11 is 1.28. The van der Waals surface area contributed by atoms with Crippen LogP contribution in [0.1, 0.15) is 24.6 Å². The first-order valence-corrected chi connectivity index (χ1v) is 5.52. The lowest BCUT2D eigenvalue weighted by molar-refractivity contribution is -0.109. The Bertz CT molecular complexity index is 395. The van der Waals surface area contributed by atoms with Crippen molar-refractivity contribution >= 4 is 22.7 Å². The summed E-state index contributed by atoms with van der Waals surface area (Å²) in [5, 5.41) is 6.71. The number of nitrogen functional groups attached to an aromatic ring is 1. The highest BCUT2D eigenvalue weighted by atomic mass is 32.2. The lowest BCUT2D eigenvalue weighted by Crippen LogP contribution is -1.88. The summed E-state index contributed by atoms with van der Waals surface area (Å²) < 4.78 is 0. The van der Waals surface area contributed by atoms with Crippen molar-refractivity contribution in [2.45, 2.75) is 20.3 Å². The van der Waals surface area contributed by atoms with Gasteiger partial charge in [0, 0.05) is 24.8 Å². The predicted octanol–water partition coefficient (Wildman–Crippen LogP) is 1.32. The predicted molar refractivity (Wildman–Crippen MR) is 62.4 cm³/mol. The second kappa shape index (κ2) is 5.47. The van der Waals surface area contributed by atoms with Crippen LogP contribution in [0.15, 0.2) is 0 Å². The van der Waals surface area contributed by atoms with E-state index in [9.17, 15) is 4.79 Å². The fourth-order valence-corrected chi connectivity index (χ4v) is 1.49. The van der Waals surface area contributed by atoms with Gasteiger partial charge in [0.05, 0.1) is 5.56 Å². The molecule has 0 aliphatic rings. The highest BCUT2D eigenvalue weighted by molar-refractivity contribution is 8.13. The highest BCUT2D eigenvalue weighted by Crippen LogP contribution is 2.10. The van der Waals surface area contributed by atoms with Crippen molar-refractivity contribution in [2.75, 3.05) is 11.5 Å². The molecule has 15 heavy (non-hydrogen) atoms. The molecule has 1 rings (SSSR count). The smallest absolute Gasteiger partial charge is 0.185 e. The quantitative estimate of drug-likeness (QED) is 0.586. The second-order valence-corrected chi connectivity index (χ2v) is 4.27. The molecule has 1 aromatic rings. The minimum absolute atomic E-state index is 0.121. The third-order valence-corrected chi connectivity index (χ3v) is 2.54. The van der Waals surface area contributed by atoms with Gasteiger partial charge in [-0.1, -0.05) is 23.6 Å². The van der Waals surface area contributed by atoms with Gasteiger partial charge in [-0.15, -0.1) is 0 Å². The number of nitrogens with zero attached hydrogens (tertiary/aromatic N) is 1. The number of anilines is 1. The lowest BCUT2D eigenvalue weighted by atomic mass is 10.2. The number of carbonyl (C=O) groups excluding carboxylic acids is 1. The molecule has 0 unspecified atom stereocenters. The molecule has 0 fully saturated rings. The maximum atomic E-state index is 10.6. The summed E-state index contributed by atoms with van der Waals surface area (Å²) in [5.74, 6) is 7.05. The molecule has 0 spiro atoms. The first kappa shape index (κ1) is 11.7. The average molecular weight is 223 g/mol. The Morgan fingerprint density at radius 2 is 2.40 bits per heavy atom. The van der Waals surface area contributed by atoms with Crippen LogP contribution >= 0.6 is 11.8 Å². The van der Waals surface area contributed by atoms with Gasteiger partial charge in [0.15, 0.2) is 10.9 Å². The van der Waals surface area contributed by atoms with Crippen LogP contribution in [0.5, 0.6) is 0 Å². The van der Waals surface area contributed by atoms with Crippen molar-refractivity contribution in [3.05, 3.63) is 11.3 Å². The number of nitrogens with two attached hydrogens (primary N) is 1. The van der Waals surface area contributed by atoms with Gasteiger partial charge < -0.3 is 5.73 Å². The molecule has 5 heteroatoms. The van der Waals surface area contributed by atoms with Gasteiger partial charge >= 0.3 is 0 Å². The van der Waals surface area contributed by atoms with Gasteiger partial charge in [0.2, 0.25) is 0 Å². The zero-order valence-electron chi connectivity index (χ0n) is 8.76. The van der Waals surface area contributed by atoms with E-state index in [2.05, 4.69) is 22.0 Å². The number of hydrogen-bond acceptors (Lipinski definition) is 4. The second-order valence-electron chi connectivity index (χ2n) is 3.00. The number of rotatable bonds is 2. The molecule has 80 valence electrons. The summed E-state index contributed by atoms with van der Waals surface area (Å²) in [6, 6.07) is 0. The van der Waals surface area contributed by atoms with Crippen molar-refractivity contribution in [3.63, 3.8) is 0 Å². The number of aromatic nitrogens is 2. The first-order chi connectivity index (χ1) is 7.11. The Balaban J connectivity index is 2.48. The van der Waals surface area contributed by atoms with E-state index in [1.54, 1.807) is 6.92 Å². The normalized spacial score (nSPS) is 9.47. The van der Waals surface area contributed by atoms with Crippen molar-refractivity contribution in [2.24, 2.45) is 0 Å². The Hall–Kier alpha value is -1.41. The number of aromatic amines is 1. The minimum atomic E-state index is 0.121. The van der Waals surface area contributed by atoms with Crippen LogP contribution in [-0.2, 0) is 4.79 Å². The van der Waals surface area contributed by atoms with Crippen LogP contribution in [0.3, 0.4) is 0 Å². The monoisotopic (exact) mass is 223 g/mol. The van der Waals surface area contributed by atoms with Crippen LogP contribution in [0.25, 0.3) is 0 Å². The van der Waals surface area contributed by atoms with Gasteiger partial charge in [-0.2, -0.15) is 5.10 Å². The first-order valence-electron chi connectivity index (χ1n) is 4.54. The van der Waals surface area contributed by atoms with Crippen LogP contribution < -0.4 is 5.73 Å². The molecule has 0 saturated heterocycles. The lowest BCUT2D eigenvalue weighted by Gasteiger charge is -1.89. The topological polar surface area (TPSA) is 71.8 Å². The number of nitrogens with one attached hydrogen (secondary N) is 1. The van der Waals surface area contributed by atoms with E-state index in [0.717, 1.165) is 17.0 Å². The highest BCUT2D eigenvalue weighted by Gasteiger charge is 2.02. The molecule has 0 aromatic carbocycles. The van der Waals surface area contributed by atoms with Crippen LogP contribution in [-0.4, -0.2) is 21.1 Å². The van der Waals surface area contributed by atoms with Gasteiger partial charge in [0.1, 0.15) is 0 Å². The summed E-state index contributed by atoms with van der Waals surface area (Å²) in [7, 11) is 0. The molecule has 0 aliphatic carbocycles. The summed E-state index contributed by atoms with van der Waals surface area (Å²) in [4.78, 5) is 10.6. The molecule has 0 atom stereocenters. The Morgan fingerprint density at radius 3 is 2.93 bits per heavy atom. The van der Waals surface area contributed by atoms with Gasteiger partial charge in [-0.05, 0) is 6.92 Å². The molecule has 0 aliphatic heterocycles. The Labute approximate surface area is 93.0 Å². The van der Waals surface area contributed by atoms with Crippen LogP contribution in [0, 0.1) is 18.8 Å². The standard InChI is InChI=1S/C10H13N3OS/c1-7-9(10(11)13-12-7)5-3-4-6-15-8(2)14/h4,6H2,1-2H3,(H3,11,12,13). The van der Waals surface area contributed by atoms with Gasteiger partial charge in [-0.3, -0.25) is 9.89 Å². The number of carbonyl (C=O) groups is 1.